The zero-order chi connectivity index (χ0) is 20.8. The molecule has 1 aromatic heterocycles. The van der Waals surface area contributed by atoms with Gasteiger partial charge in [-0.3, -0.25) is 9.13 Å². The SMILES string of the molecule is CC(C)OP(=O)(COC(Cn1ccc(N)nc1=O)C[N+](C)(C)C)OC(C)C. The number of aromatic nitrogens is 2. The molecule has 0 aliphatic rings. The molecule has 1 atom stereocenters. The standard InChI is InChI=1S/C17H33N4O5P/c1-13(2)25-27(23,26-14(3)4)12-24-15(11-21(5,6)7)10-20-9-8-16(18)19-17(20)22/h8-9,13-15H,10-12H2,1-7H3,(H-,18,19,22)/p+1. The summed E-state index contributed by atoms with van der Waals surface area (Å²) in [4.78, 5) is 15.8. The summed E-state index contributed by atoms with van der Waals surface area (Å²) < 4.78 is 32.0. The maximum absolute atomic E-state index is 13.0. The summed E-state index contributed by atoms with van der Waals surface area (Å²) in [5.74, 6) is 0.167. The monoisotopic (exact) mass is 405 g/mol. The Bertz CT molecular complexity index is 685. The molecule has 27 heavy (non-hydrogen) atoms. The topological polar surface area (TPSA) is 106 Å². The summed E-state index contributed by atoms with van der Waals surface area (Å²) in [7, 11) is 2.60. The number of nitrogens with zero attached hydrogens (tertiary/aromatic N) is 3. The van der Waals surface area contributed by atoms with Crippen LogP contribution >= 0.6 is 7.60 Å². The molecule has 0 aliphatic heterocycles. The lowest BCUT2D eigenvalue weighted by molar-refractivity contribution is -0.873. The highest BCUT2D eigenvalue weighted by molar-refractivity contribution is 7.53. The normalized spacial score (nSPS) is 14.1. The van der Waals surface area contributed by atoms with E-state index >= 15 is 0 Å². The van der Waals surface area contributed by atoms with Gasteiger partial charge in [0.05, 0.1) is 39.9 Å². The lowest BCUT2D eigenvalue weighted by Gasteiger charge is -2.31. The van der Waals surface area contributed by atoms with E-state index < -0.39 is 19.4 Å². The maximum Gasteiger partial charge on any atom is 0.356 e. The third kappa shape index (κ3) is 9.48. The van der Waals surface area contributed by atoms with Gasteiger partial charge in [0, 0.05) is 6.20 Å². The van der Waals surface area contributed by atoms with Crippen molar-refractivity contribution in [1.82, 2.24) is 9.55 Å². The highest BCUT2D eigenvalue weighted by Gasteiger charge is 2.31. The zero-order valence-corrected chi connectivity index (χ0v) is 18.3. The first-order chi connectivity index (χ1) is 12.3. The largest absolute Gasteiger partial charge is 0.383 e. The number of hydrogen-bond acceptors (Lipinski definition) is 7. The van der Waals surface area contributed by atoms with E-state index in [2.05, 4.69) is 4.98 Å². The van der Waals surface area contributed by atoms with Gasteiger partial charge in [0.25, 0.3) is 0 Å². The molecule has 1 unspecified atom stereocenters. The maximum atomic E-state index is 13.0. The van der Waals surface area contributed by atoms with Gasteiger partial charge in [0.15, 0.2) is 0 Å². The highest BCUT2D eigenvalue weighted by Crippen LogP contribution is 2.50. The summed E-state index contributed by atoms with van der Waals surface area (Å²) in [6, 6.07) is 1.55. The van der Waals surface area contributed by atoms with Crippen LogP contribution in [0.4, 0.5) is 5.82 Å². The molecule has 0 bridgehead atoms. The molecule has 156 valence electrons. The molecule has 0 aromatic carbocycles. The van der Waals surface area contributed by atoms with Gasteiger partial charge >= 0.3 is 13.3 Å². The van der Waals surface area contributed by atoms with Crippen molar-refractivity contribution in [3.63, 3.8) is 0 Å². The Morgan fingerprint density at radius 1 is 1.19 bits per heavy atom. The van der Waals surface area contributed by atoms with E-state index in [0.717, 1.165) is 0 Å². The van der Waals surface area contributed by atoms with E-state index in [1.165, 1.54) is 4.57 Å². The van der Waals surface area contributed by atoms with Crippen molar-refractivity contribution in [1.29, 1.82) is 0 Å². The third-order valence-corrected chi connectivity index (χ3v) is 5.21. The lowest BCUT2D eigenvalue weighted by Crippen LogP contribution is -2.45. The molecule has 0 amide bonds. The van der Waals surface area contributed by atoms with Crippen LogP contribution in [0.15, 0.2) is 17.1 Å². The zero-order valence-electron chi connectivity index (χ0n) is 17.4. The Kier molecular flexibility index (Phi) is 8.63. The van der Waals surface area contributed by atoms with Crippen LogP contribution in [0.3, 0.4) is 0 Å². The molecule has 0 spiro atoms. The van der Waals surface area contributed by atoms with Gasteiger partial charge in [-0.1, -0.05) is 0 Å². The molecular formula is C17H34N4O5P+. The van der Waals surface area contributed by atoms with Crippen molar-refractivity contribution < 1.29 is 22.8 Å². The number of nitrogens with two attached hydrogens (primary N) is 1. The van der Waals surface area contributed by atoms with Gasteiger partial charge in [-0.25, -0.2) is 4.79 Å². The molecule has 0 aliphatic carbocycles. The minimum Gasteiger partial charge on any atom is -0.383 e. The summed E-state index contributed by atoms with van der Waals surface area (Å²) in [6.07, 6.45) is 0.460. The van der Waals surface area contributed by atoms with Crippen molar-refractivity contribution >= 4 is 13.4 Å². The Balaban J connectivity index is 2.96. The number of quaternary nitrogens is 1. The minimum atomic E-state index is -3.43. The molecule has 0 saturated carbocycles. The molecule has 2 N–H and O–H groups in total. The first-order valence-corrected chi connectivity index (χ1v) is 10.7. The second kappa shape index (κ2) is 9.80. The molecule has 0 fully saturated rings. The van der Waals surface area contributed by atoms with E-state index in [1.807, 2.05) is 21.1 Å². The van der Waals surface area contributed by atoms with Gasteiger partial charge in [-0.2, -0.15) is 4.98 Å². The first-order valence-electron chi connectivity index (χ1n) is 9.00. The van der Waals surface area contributed by atoms with Crippen LogP contribution in [0.2, 0.25) is 0 Å². The quantitative estimate of drug-likeness (QED) is 0.443. The predicted molar refractivity (Wildman–Crippen MR) is 106 cm³/mol. The second-order valence-corrected chi connectivity index (χ2v) is 10.00. The van der Waals surface area contributed by atoms with Crippen molar-refractivity contribution in [3.8, 4) is 0 Å². The number of hydrogen-bond donors (Lipinski definition) is 1. The fraction of sp³-hybridized carbons (Fsp3) is 0.765. The van der Waals surface area contributed by atoms with E-state index in [0.29, 0.717) is 11.0 Å². The molecule has 1 aromatic rings. The van der Waals surface area contributed by atoms with Crippen LogP contribution in [-0.4, -0.2) is 66.4 Å². The molecule has 1 heterocycles. The summed E-state index contributed by atoms with van der Waals surface area (Å²) in [5.41, 5.74) is 5.09. The van der Waals surface area contributed by atoms with Gasteiger partial charge in [0.2, 0.25) is 0 Å². The fourth-order valence-electron chi connectivity index (χ4n) is 2.50. The highest BCUT2D eigenvalue weighted by atomic mass is 31.2. The van der Waals surface area contributed by atoms with Gasteiger partial charge in [0.1, 0.15) is 24.8 Å². The lowest BCUT2D eigenvalue weighted by atomic mass is 10.3. The van der Waals surface area contributed by atoms with Gasteiger partial charge in [-0.05, 0) is 33.8 Å². The van der Waals surface area contributed by atoms with Crippen molar-refractivity contribution in [3.05, 3.63) is 22.7 Å². The molecule has 0 radical (unpaired) electrons. The molecule has 0 saturated heterocycles. The first kappa shape index (κ1) is 23.8. The Morgan fingerprint density at radius 3 is 2.19 bits per heavy atom. The van der Waals surface area contributed by atoms with E-state index in [9.17, 15) is 9.36 Å². The number of nitrogen functional groups attached to an aromatic ring is 1. The van der Waals surface area contributed by atoms with Gasteiger partial charge in [-0.15, -0.1) is 0 Å². The van der Waals surface area contributed by atoms with Crippen molar-refractivity contribution in [2.75, 3.05) is 39.8 Å². The van der Waals surface area contributed by atoms with Crippen LogP contribution in [0.25, 0.3) is 0 Å². The molecule has 10 heteroatoms. The molecule has 1 rings (SSSR count). The Labute approximate surface area is 161 Å². The van der Waals surface area contributed by atoms with Crippen LogP contribution < -0.4 is 11.4 Å². The number of ether oxygens (including phenoxy) is 1. The number of anilines is 1. The smallest absolute Gasteiger partial charge is 0.356 e. The van der Waals surface area contributed by atoms with Crippen LogP contribution in [0.5, 0.6) is 0 Å². The van der Waals surface area contributed by atoms with E-state index in [1.54, 1.807) is 40.0 Å². The van der Waals surface area contributed by atoms with Crippen LogP contribution in [-0.2, 0) is 24.9 Å². The average Bonchev–Trinajstić information content (AvgIpc) is 2.44. The Hall–Kier alpha value is -1.25. The molecule has 9 nitrogen and oxygen atoms in total. The predicted octanol–water partition coefficient (Wildman–Crippen LogP) is 1.92. The summed E-state index contributed by atoms with van der Waals surface area (Å²) in [5, 5.41) is 0. The van der Waals surface area contributed by atoms with Crippen molar-refractivity contribution in [2.45, 2.75) is 52.6 Å². The third-order valence-electron chi connectivity index (χ3n) is 3.26. The van der Waals surface area contributed by atoms with E-state index in [4.69, 9.17) is 19.5 Å². The minimum absolute atomic E-state index is 0.167. The summed E-state index contributed by atoms with van der Waals surface area (Å²) in [6.45, 7) is 8.00. The number of rotatable bonds is 11. The fourth-order valence-corrected chi connectivity index (χ4v) is 4.35. The van der Waals surface area contributed by atoms with E-state index in [-0.39, 0.29) is 30.9 Å². The van der Waals surface area contributed by atoms with Crippen molar-refractivity contribution in [2.24, 2.45) is 0 Å². The number of likely N-dealkylation sites (N-methyl/N-ethyl adjacent to an activating group) is 1. The second-order valence-electron chi connectivity index (χ2n) is 8.10. The summed E-state index contributed by atoms with van der Waals surface area (Å²) >= 11 is 0. The Morgan fingerprint density at radius 2 is 1.74 bits per heavy atom. The van der Waals surface area contributed by atoms with Gasteiger partial charge < -0.3 is 24.0 Å². The molecular weight excluding hydrogens is 371 g/mol. The average molecular weight is 405 g/mol. The van der Waals surface area contributed by atoms with Crippen LogP contribution in [0.1, 0.15) is 27.7 Å². The van der Waals surface area contributed by atoms with Crippen LogP contribution in [0, 0.1) is 0 Å².